The monoisotopic (exact) mass is 360 g/mol. The van der Waals surface area contributed by atoms with Gasteiger partial charge >= 0.3 is 0 Å². The standard InChI is InChI=1S/C17H20N4OS2/c1-10-16(11(2)21(4)20-10)17(22)18-8-7-13-5-6-15(24-13)14-9-23-12(3)19-14/h5-6,9H,7-8H2,1-4H3,(H,18,22). The number of nitrogens with zero attached hydrogens (tertiary/aromatic N) is 3. The molecule has 0 radical (unpaired) electrons. The van der Waals surface area contributed by atoms with Crippen LogP contribution in [0.5, 0.6) is 0 Å². The second-order valence-electron chi connectivity index (χ2n) is 5.69. The van der Waals surface area contributed by atoms with Crippen molar-refractivity contribution in [1.82, 2.24) is 20.1 Å². The fraction of sp³-hybridized carbons (Fsp3) is 0.353. The van der Waals surface area contributed by atoms with Crippen molar-refractivity contribution in [1.29, 1.82) is 0 Å². The number of rotatable bonds is 5. The van der Waals surface area contributed by atoms with E-state index < -0.39 is 0 Å². The number of thiazole rings is 1. The number of amides is 1. The second kappa shape index (κ2) is 6.86. The number of carbonyl (C=O) groups is 1. The number of hydrogen-bond donors (Lipinski definition) is 1. The van der Waals surface area contributed by atoms with Gasteiger partial charge < -0.3 is 5.32 Å². The Morgan fingerprint density at radius 3 is 2.71 bits per heavy atom. The van der Waals surface area contributed by atoms with Gasteiger partial charge in [0, 0.05) is 29.5 Å². The first-order valence-corrected chi connectivity index (χ1v) is 9.45. The first kappa shape index (κ1) is 16.9. The van der Waals surface area contributed by atoms with Crippen LogP contribution in [0, 0.1) is 20.8 Å². The first-order chi connectivity index (χ1) is 11.5. The number of thiophene rings is 1. The van der Waals surface area contributed by atoms with Crippen LogP contribution in [0.3, 0.4) is 0 Å². The number of carbonyl (C=O) groups excluding carboxylic acids is 1. The first-order valence-electron chi connectivity index (χ1n) is 7.75. The van der Waals surface area contributed by atoms with Gasteiger partial charge in [0.25, 0.3) is 5.91 Å². The Kier molecular flexibility index (Phi) is 4.82. The molecule has 3 aromatic rings. The van der Waals surface area contributed by atoms with Gasteiger partial charge in [-0.15, -0.1) is 22.7 Å². The van der Waals surface area contributed by atoms with Gasteiger partial charge in [0.1, 0.15) is 0 Å². The van der Waals surface area contributed by atoms with Gasteiger partial charge in [-0.05, 0) is 39.3 Å². The largest absolute Gasteiger partial charge is 0.352 e. The molecule has 0 fully saturated rings. The SMILES string of the molecule is Cc1nc(-c2ccc(CCNC(=O)c3c(C)nn(C)c3C)s2)cs1. The average Bonchev–Trinajstić information content (AvgIpc) is 3.21. The van der Waals surface area contributed by atoms with E-state index in [1.807, 2.05) is 27.8 Å². The van der Waals surface area contributed by atoms with Crippen LogP contribution in [0.4, 0.5) is 0 Å². The predicted molar refractivity (Wildman–Crippen MR) is 98.9 cm³/mol. The molecule has 7 heteroatoms. The summed E-state index contributed by atoms with van der Waals surface area (Å²) in [5.41, 5.74) is 3.38. The van der Waals surface area contributed by atoms with E-state index in [2.05, 4.69) is 32.9 Å². The molecule has 0 unspecified atom stereocenters. The van der Waals surface area contributed by atoms with E-state index in [0.717, 1.165) is 28.5 Å². The Balaban J connectivity index is 1.59. The predicted octanol–water partition coefficient (Wildman–Crippen LogP) is 3.50. The van der Waals surface area contributed by atoms with Gasteiger partial charge in [0.2, 0.25) is 0 Å². The lowest BCUT2D eigenvalue weighted by Crippen LogP contribution is -2.26. The van der Waals surface area contributed by atoms with Crippen LogP contribution in [0.25, 0.3) is 10.6 Å². The molecule has 3 heterocycles. The summed E-state index contributed by atoms with van der Waals surface area (Å²) >= 11 is 3.40. The molecule has 126 valence electrons. The number of aryl methyl sites for hydroxylation is 3. The summed E-state index contributed by atoms with van der Waals surface area (Å²) in [5.74, 6) is -0.0509. The quantitative estimate of drug-likeness (QED) is 0.757. The molecule has 24 heavy (non-hydrogen) atoms. The topological polar surface area (TPSA) is 59.8 Å². The molecule has 0 aliphatic heterocycles. The van der Waals surface area contributed by atoms with Crippen molar-refractivity contribution in [3.8, 4) is 10.6 Å². The minimum atomic E-state index is -0.0509. The molecule has 0 aliphatic rings. The van der Waals surface area contributed by atoms with E-state index in [1.54, 1.807) is 27.4 Å². The van der Waals surface area contributed by atoms with Gasteiger partial charge in [-0.3, -0.25) is 9.48 Å². The Morgan fingerprint density at radius 2 is 2.08 bits per heavy atom. The van der Waals surface area contributed by atoms with E-state index in [0.29, 0.717) is 12.1 Å². The smallest absolute Gasteiger partial charge is 0.255 e. The van der Waals surface area contributed by atoms with Crippen molar-refractivity contribution in [3.63, 3.8) is 0 Å². The molecule has 0 aliphatic carbocycles. The van der Waals surface area contributed by atoms with Crippen LogP contribution in [0.15, 0.2) is 17.5 Å². The van der Waals surface area contributed by atoms with Crippen molar-refractivity contribution < 1.29 is 4.79 Å². The molecule has 0 spiro atoms. The molecular weight excluding hydrogens is 340 g/mol. The summed E-state index contributed by atoms with van der Waals surface area (Å²) in [6.45, 7) is 6.41. The molecule has 0 aromatic carbocycles. The van der Waals surface area contributed by atoms with Crippen LogP contribution < -0.4 is 5.32 Å². The third-order valence-corrected chi connectivity index (χ3v) is 5.87. The molecule has 3 aromatic heterocycles. The molecule has 3 rings (SSSR count). The Labute approximate surface area is 149 Å². The maximum Gasteiger partial charge on any atom is 0.255 e. The van der Waals surface area contributed by atoms with Gasteiger partial charge in [-0.25, -0.2) is 4.98 Å². The lowest BCUT2D eigenvalue weighted by atomic mass is 10.2. The average molecular weight is 361 g/mol. The van der Waals surface area contributed by atoms with Gasteiger partial charge in [0.15, 0.2) is 0 Å². The van der Waals surface area contributed by atoms with Crippen molar-refractivity contribution in [2.24, 2.45) is 7.05 Å². The van der Waals surface area contributed by atoms with Crippen LogP contribution in [0.2, 0.25) is 0 Å². The zero-order valence-corrected chi connectivity index (χ0v) is 15.8. The summed E-state index contributed by atoms with van der Waals surface area (Å²) in [6.07, 6.45) is 0.817. The van der Waals surface area contributed by atoms with Crippen LogP contribution in [-0.4, -0.2) is 27.2 Å². The Hall–Kier alpha value is -1.99. The van der Waals surface area contributed by atoms with E-state index in [1.165, 1.54) is 9.75 Å². The zero-order chi connectivity index (χ0) is 17.3. The minimum Gasteiger partial charge on any atom is -0.352 e. The van der Waals surface area contributed by atoms with E-state index in [4.69, 9.17) is 0 Å². The molecular formula is C17H20N4OS2. The van der Waals surface area contributed by atoms with Gasteiger partial charge in [0.05, 0.1) is 26.8 Å². The molecule has 0 saturated carbocycles. The summed E-state index contributed by atoms with van der Waals surface area (Å²) in [7, 11) is 1.85. The summed E-state index contributed by atoms with van der Waals surface area (Å²) in [5, 5.41) is 10.4. The normalized spacial score (nSPS) is 11.0. The maximum absolute atomic E-state index is 12.3. The summed E-state index contributed by atoms with van der Waals surface area (Å²) < 4.78 is 1.74. The molecule has 5 nitrogen and oxygen atoms in total. The van der Waals surface area contributed by atoms with Crippen molar-refractivity contribution in [2.45, 2.75) is 27.2 Å². The number of nitrogens with one attached hydrogen (secondary N) is 1. The van der Waals surface area contributed by atoms with Crippen LogP contribution in [-0.2, 0) is 13.5 Å². The maximum atomic E-state index is 12.3. The van der Waals surface area contributed by atoms with Crippen LogP contribution >= 0.6 is 22.7 Å². The van der Waals surface area contributed by atoms with E-state index >= 15 is 0 Å². The third-order valence-electron chi connectivity index (χ3n) is 3.93. The van der Waals surface area contributed by atoms with Crippen molar-refractivity contribution in [3.05, 3.63) is 44.3 Å². The Morgan fingerprint density at radius 1 is 1.29 bits per heavy atom. The van der Waals surface area contributed by atoms with Gasteiger partial charge in [-0.2, -0.15) is 5.10 Å². The lowest BCUT2D eigenvalue weighted by Gasteiger charge is -2.04. The number of aromatic nitrogens is 3. The third kappa shape index (κ3) is 3.42. The molecule has 1 N–H and O–H groups in total. The summed E-state index contributed by atoms with van der Waals surface area (Å²) in [4.78, 5) is 19.3. The number of hydrogen-bond acceptors (Lipinski definition) is 5. The zero-order valence-electron chi connectivity index (χ0n) is 14.2. The molecule has 0 saturated heterocycles. The van der Waals surface area contributed by atoms with Crippen molar-refractivity contribution >= 4 is 28.6 Å². The molecule has 1 amide bonds. The fourth-order valence-corrected chi connectivity index (χ4v) is 4.27. The Bertz CT molecular complexity index is 875. The highest BCUT2D eigenvalue weighted by Gasteiger charge is 2.16. The second-order valence-corrected chi connectivity index (χ2v) is 7.92. The van der Waals surface area contributed by atoms with E-state index in [-0.39, 0.29) is 5.91 Å². The lowest BCUT2D eigenvalue weighted by molar-refractivity contribution is 0.0953. The fourth-order valence-electron chi connectivity index (χ4n) is 2.62. The minimum absolute atomic E-state index is 0.0509. The van der Waals surface area contributed by atoms with Crippen LogP contribution in [0.1, 0.15) is 31.6 Å². The van der Waals surface area contributed by atoms with Gasteiger partial charge in [-0.1, -0.05) is 0 Å². The van der Waals surface area contributed by atoms with Crippen molar-refractivity contribution in [2.75, 3.05) is 6.54 Å². The highest BCUT2D eigenvalue weighted by atomic mass is 32.1. The van der Waals surface area contributed by atoms with E-state index in [9.17, 15) is 4.79 Å². The molecule has 0 bridgehead atoms. The highest BCUT2D eigenvalue weighted by Crippen LogP contribution is 2.29. The summed E-state index contributed by atoms with van der Waals surface area (Å²) in [6, 6.07) is 4.22. The molecule has 0 atom stereocenters. The highest BCUT2D eigenvalue weighted by molar-refractivity contribution is 7.16.